The van der Waals surface area contributed by atoms with Crippen LogP contribution in [0.4, 0.5) is 11.5 Å². The highest BCUT2D eigenvalue weighted by Crippen LogP contribution is 2.28. The van der Waals surface area contributed by atoms with E-state index in [1.165, 1.54) is 0 Å². The van der Waals surface area contributed by atoms with Crippen molar-refractivity contribution in [3.05, 3.63) is 48.2 Å². The number of methoxy groups -OCH3 is 1. The van der Waals surface area contributed by atoms with Gasteiger partial charge in [0.1, 0.15) is 11.6 Å². The lowest BCUT2D eigenvalue weighted by atomic mass is 10.2. The van der Waals surface area contributed by atoms with E-state index in [0.717, 1.165) is 55.0 Å². The van der Waals surface area contributed by atoms with E-state index in [4.69, 9.17) is 4.74 Å². The van der Waals surface area contributed by atoms with Crippen LogP contribution < -0.4 is 19.9 Å². The van der Waals surface area contributed by atoms with Crippen LogP contribution in [0.25, 0.3) is 0 Å². The summed E-state index contributed by atoms with van der Waals surface area (Å²) in [6.45, 7) is 4.37. The molecule has 0 unspecified atom stereocenters. The van der Waals surface area contributed by atoms with Crippen LogP contribution in [0.5, 0.6) is 5.75 Å². The molecule has 28 heavy (non-hydrogen) atoms. The minimum absolute atomic E-state index is 0.695. The van der Waals surface area contributed by atoms with Crippen molar-refractivity contribution in [1.29, 1.82) is 0 Å². The Hall–Kier alpha value is -2.96. The van der Waals surface area contributed by atoms with Crippen LogP contribution in [-0.4, -0.2) is 70.3 Å². The Balaban J connectivity index is 1.60. The highest BCUT2D eigenvalue weighted by atomic mass is 16.5. The van der Waals surface area contributed by atoms with Crippen LogP contribution in [-0.2, 0) is 6.54 Å². The fourth-order valence-electron chi connectivity index (χ4n) is 3.53. The number of guanidine groups is 1. The number of para-hydroxylation sites is 2. The highest BCUT2D eigenvalue weighted by molar-refractivity contribution is 5.80. The molecule has 1 N–H and O–H groups in total. The first kappa shape index (κ1) is 19.8. The number of hydrogen-bond acceptors (Lipinski definition) is 5. The van der Waals surface area contributed by atoms with Crippen molar-refractivity contribution in [3.63, 3.8) is 0 Å². The summed E-state index contributed by atoms with van der Waals surface area (Å²) in [6.07, 6.45) is 1.82. The van der Waals surface area contributed by atoms with Crippen LogP contribution in [0, 0.1) is 0 Å². The molecule has 1 aromatic carbocycles. The Morgan fingerprint density at radius 3 is 2.57 bits per heavy atom. The van der Waals surface area contributed by atoms with E-state index in [1.807, 2.05) is 50.4 Å². The molecule has 150 valence electrons. The number of anilines is 2. The van der Waals surface area contributed by atoms with Crippen LogP contribution in [0.2, 0.25) is 0 Å². The third kappa shape index (κ3) is 4.47. The van der Waals surface area contributed by atoms with Crippen molar-refractivity contribution in [2.75, 3.05) is 64.2 Å². The number of hydrogen-bond donors (Lipinski definition) is 1. The van der Waals surface area contributed by atoms with E-state index >= 15 is 0 Å². The average Bonchev–Trinajstić information content (AvgIpc) is 2.74. The van der Waals surface area contributed by atoms with Crippen molar-refractivity contribution < 1.29 is 4.74 Å². The Bertz CT molecular complexity index is 799. The van der Waals surface area contributed by atoms with Gasteiger partial charge in [0, 0.05) is 65.6 Å². The number of pyridine rings is 1. The lowest BCUT2D eigenvalue weighted by Crippen LogP contribution is -2.52. The van der Waals surface area contributed by atoms with Crippen molar-refractivity contribution >= 4 is 17.5 Å². The number of ether oxygens (including phenoxy) is 1. The number of piperazine rings is 1. The number of benzene rings is 1. The largest absolute Gasteiger partial charge is 0.495 e. The second kappa shape index (κ2) is 9.30. The Labute approximate surface area is 167 Å². The molecule has 1 aliphatic heterocycles. The maximum atomic E-state index is 5.51. The van der Waals surface area contributed by atoms with Gasteiger partial charge in [-0.2, -0.15) is 0 Å². The third-order valence-electron chi connectivity index (χ3n) is 4.94. The lowest BCUT2D eigenvalue weighted by Gasteiger charge is -2.38. The normalized spacial score (nSPS) is 14.8. The molecule has 2 aromatic rings. The van der Waals surface area contributed by atoms with Gasteiger partial charge in [0.15, 0.2) is 5.96 Å². The molecule has 3 rings (SSSR count). The van der Waals surface area contributed by atoms with Gasteiger partial charge in [-0.25, -0.2) is 4.98 Å². The lowest BCUT2D eigenvalue weighted by molar-refractivity contribution is 0.367. The van der Waals surface area contributed by atoms with Gasteiger partial charge >= 0.3 is 0 Å². The average molecular weight is 383 g/mol. The third-order valence-corrected chi connectivity index (χ3v) is 4.94. The molecule has 0 aliphatic carbocycles. The van der Waals surface area contributed by atoms with Crippen LogP contribution in [0.15, 0.2) is 47.6 Å². The summed E-state index contributed by atoms with van der Waals surface area (Å²) >= 11 is 0. The Morgan fingerprint density at radius 1 is 1.14 bits per heavy atom. The second-order valence-electron chi connectivity index (χ2n) is 6.93. The fourth-order valence-corrected chi connectivity index (χ4v) is 3.53. The van der Waals surface area contributed by atoms with E-state index in [9.17, 15) is 0 Å². The second-order valence-corrected chi connectivity index (χ2v) is 6.93. The standard InChI is InChI=1S/C21H30N6O/c1-22-21(24-16-17-8-7-11-23-20(17)25(2)3)27-14-12-26(13-15-27)18-9-5-6-10-19(18)28-4/h5-11H,12-16H2,1-4H3,(H,22,24). The van der Waals surface area contributed by atoms with E-state index < -0.39 is 0 Å². The number of aliphatic imine (C=N–C) groups is 1. The number of aromatic nitrogens is 1. The summed E-state index contributed by atoms with van der Waals surface area (Å²) in [5, 5.41) is 3.49. The zero-order valence-electron chi connectivity index (χ0n) is 17.2. The Kier molecular flexibility index (Phi) is 6.57. The Morgan fingerprint density at radius 2 is 1.89 bits per heavy atom. The highest BCUT2D eigenvalue weighted by Gasteiger charge is 2.21. The van der Waals surface area contributed by atoms with Gasteiger partial charge in [0.25, 0.3) is 0 Å². The number of nitrogens with zero attached hydrogens (tertiary/aromatic N) is 5. The molecule has 1 fully saturated rings. The van der Waals surface area contributed by atoms with Crippen molar-refractivity contribution in [1.82, 2.24) is 15.2 Å². The first-order valence-electron chi connectivity index (χ1n) is 9.58. The molecule has 0 radical (unpaired) electrons. The molecule has 1 aromatic heterocycles. The summed E-state index contributed by atoms with van der Waals surface area (Å²) in [4.78, 5) is 15.7. The SMILES string of the molecule is CN=C(NCc1cccnc1N(C)C)N1CCN(c2ccccc2OC)CC1. The van der Waals surface area contributed by atoms with Crippen LogP contribution in [0.3, 0.4) is 0 Å². The zero-order valence-corrected chi connectivity index (χ0v) is 17.2. The molecular weight excluding hydrogens is 352 g/mol. The van der Waals surface area contributed by atoms with Crippen molar-refractivity contribution in [2.45, 2.75) is 6.54 Å². The molecule has 0 bridgehead atoms. The summed E-state index contributed by atoms with van der Waals surface area (Å²) in [5.74, 6) is 2.82. The monoisotopic (exact) mass is 382 g/mol. The quantitative estimate of drug-likeness (QED) is 0.631. The summed E-state index contributed by atoms with van der Waals surface area (Å²) in [7, 11) is 7.59. The number of rotatable bonds is 5. The van der Waals surface area contributed by atoms with Crippen molar-refractivity contribution in [2.24, 2.45) is 4.99 Å². The molecule has 7 heteroatoms. The zero-order chi connectivity index (χ0) is 19.9. The number of nitrogens with one attached hydrogen (secondary N) is 1. The van der Waals surface area contributed by atoms with Gasteiger partial charge in [0.05, 0.1) is 12.8 Å². The van der Waals surface area contributed by atoms with Gasteiger partial charge in [-0.15, -0.1) is 0 Å². The molecule has 0 saturated carbocycles. The molecular formula is C21H30N6O. The summed E-state index contributed by atoms with van der Waals surface area (Å²) in [5.41, 5.74) is 2.31. The molecule has 2 heterocycles. The minimum Gasteiger partial charge on any atom is -0.495 e. The van der Waals surface area contributed by atoms with E-state index in [1.54, 1.807) is 7.11 Å². The molecule has 0 amide bonds. The topological polar surface area (TPSA) is 56.2 Å². The fraction of sp³-hybridized carbons (Fsp3) is 0.429. The molecule has 0 atom stereocenters. The van der Waals surface area contributed by atoms with Crippen LogP contribution >= 0.6 is 0 Å². The van der Waals surface area contributed by atoms with E-state index in [-0.39, 0.29) is 0 Å². The minimum atomic E-state index is 0.695. The summed E-state index contributed by atoms with van der Waals surface area (Å²) in [6, 6.07) is 12.3. The van der Waals surface area contributed by atoms with Gasteiger partial charge in [-0.05, 0) is 18.2 Å². The first-order valence-corrected chi connectivity index (χ1v) is 9.58. The predicted octanol–water partition coefficient (Wildman–Crippen LogP) is 2.05. The molecule has 0 spiro atoms. The van der Waals surface area contributed by atoms with Gasteiger partial charge in [0.2, 0.25) is 0 Å². The predicted molar refractivity (Wildman–Crippen MR) is 116 cm³/mol. The maximum Gasteiger partial charge on any atom is 0.194 e. The van der Waals surface area contributed by atoms with Gasteiger partial charge in [-0.1, -0.05) is 18.2 Å². The molecule has 1 aliphatic rings. The molecule has 7 nitrogen and oxygen atoms in total. The summed E-state index contributed by atoms with van der Waals surface area (Å²) < 4.78 is 5.51. The van der Waals surface area contributed by atoms with Gasteiger partial charge in [-0.3, -0.25) is 4.99 Å². The van der Waals surface area contributed by atoms with E-state index in [0.29, 0.717) is 6.54 Å². The maximum absolute atomic E-state index is 5.51. The van der Waals surface area contributed by atoms with Crippen LogP contribution in [0.1, 0.15) is 5.56 Å². The first-order chi connectivity index (χ1) is 13.6. The van der Waals surface area contributed by atoms with Crippen molar-refractivity contribution in [3.8, 4) is 5.75 Å². The van der Waals surface area contributed by atoms with E-state index in [2.05, 4.69) is 43.3 Å². The smallest absolute Gasteiger partial charge is 0.194 e. The molecule has 1 saturated heterocycles. The van der Waals surface area contributed by atoms with Gasteiger partial charge < -0.3 is 24.8 Å².